The minimum absolute atomic E-state index is 0.0693. The number of carboxylic acids is 1. The van der Waals surface area contributed by atoms with E-state index in [1.54, 1.807) is 6.92 Å². The highest BCUT2D eigenvalue weighted by Gasteiger charge is 2.21. The van der Waals surface area contributed by atoms with Gasteiger partial charge in [0.25, 0.3) is 0 Å². The predicted octanol–water partition coefficient (Wildman–Crippen LogP) is 2.26. The molecule has 0 aromatic heterocycles. The van der Waals surface area contributed by atoms with Crippen LogP contribution >= 0.6 is 0 Å². The second kappa shape index (κ2) is 9.77. The molecule has 0 radical (unpaired) electrons. The van der Waals surface area contributed by atoms with Crippen molar-refractivity contribution in [1.29, 1.82) is 0 Å². The third kappa shape index (κ3) is 7.46. The zero-order chi connectivity index (χ0) is 15.7. The van der Waals surface area contributed by atoms with Crippen molar-refractivity contribution in [2.45, 2.75) is 64.8 Å². The Bertz CT molecular complexity index is 327. The van der Waals surface area contributed by atoms with Crippen LogP contribution in [-0.2, 0) is 9.59 Å². The second-order valence-corrected chi connectivity index (χ2v) is 6.18. The normalized spacial score (nSPS) is 17.7. The van der Waals surface area contributed by atoms with Gasteiger partial charge in [-0.2, -0.15) is 0 Å². The molecular weight excluding hydrogens is 268 g/mol. The average molecular weight is 298 g/mol. The molecule has 5 nitrogen and oxygen atoms in total. The number of amides is 1. The number of carbonyl (C=O) groups is 2. The fourth-order valence-electron chi connectivity index (χ4n) is 3.09. The summed E-state index contributed by atoms with van der Waals surface area (Å²) in [6.45, 7) is 5.10. The lowest BCUT2D eigenvalue weighted by Gasteiger charge is -2.28. The molecule has 1 aliphatic carbocycles. The Labute approximate surface area is 128 Å². The van der Waals surface area contributed by atoms with E-state index in [1.165, 1.54) is 45.4 Å². The van der Waals surface area contributed by atoms with Crippen LogP contribution in [0.15, 0.2) is 0 Å². The van der Waals surface area contributed by atoms with Crippen LogP contribution in [-0.4, -0.2) is 47.6 Å². The molecule has 0 saturated heterocycles. The molecule has 0 aliphatic heterocycles. The van der Waals surface area contributed by atoms with Crippen molar-refractivity contribution in [2.24, 2.45) is 5.92 Å². The number of nitrogens with one attached hydrogen (secondary N) is 1. The van der Waals surface area contributed by atoms with Crippen molar-refractivity contribution in [1.82, 2.24) is 10.2 Å². The van der Waals surface area contributed by atoms with E-state index in [1.807, 2.05) is 4.90 Å². The topological polar surface area (TPSA) is 69.6 Å². The lowest BCUT2D eigenvalue weighted by molar-refractivity contribution is -0.142. The van der Waals surface area contributed by atoms with Gasteiger partial charge in [-0.1, -0.05) is 32.1 Å². The molecule has 2 N–H and O–H groups in total. The van der Waals surface area contributed by atoms with Crippen LogP contribution in [0.2, 0.25) is 0 Å². The zero-order valence-electron chi connectivity index (χ0n) is 13.4. The van der Waals surface area contributed by atoms with Crippen LogP contribution in [0.1, 0.15) is 58.8 Å². The van der Waals surface area contributed by atoms with Gasteiger partial charge in [-0.3, -0.25) is 14.5 Å². The molecule has 0 bridgehead atoms. The van der Waals surface area contributed by atoms with Crippen molar-refractivity contribution in [3.63, 3.8) is 0 Å². The Kier molecular flexibility index (Phi) is 8.35. The molecule has 1 amide bonds. The van der Waals surface area contributed by atoms with Crippen molar-refractivity contribution in [3.8, 4) is 0 Å². The van der Waals surface area contributed by atoms with E-state index in [9.17, 15) is 14.7 Å². The molecule has 0 aromatic carbocycles. The molecule has 1 unspecified atom stereocenters. The summed E-state index contributed by atoms with van der Waals surface area (Å²) < 4.78 is 0. The van der Waals surface area contributed by atoms with Gasteiger partial charge in [0.05, 0.1) is 0 Å². The van der Waals surface area contributed by atoms with E-state index in [4.69, 9.17) is 0 Å². The Morgan fingerprint density at radius 3 is 2.48 bits per heavy atom. The first kappa shape index (κ1) is 18.0. The van der Waals surface area contributed by atoms with Crippen LogP contribution in [0.3, 0.4) is 0 Å². The first-order valence-corrected chi connectivity index (χ1v) is 8.22. The van der Waals surface area contributed by atoms with Gasteiger partial charge in [0.15, 0.2) is 0 Å². The molecule has 0 heterocycles. The van der Waals surface area contributed by atoms with Gasteiger partial charge in [0.1, 0.15) is 6.04 Å². The lowest BCUT2D eigenvalue weighted by atomic mass is 9.86. The third-order valence-electron chi connectivity index (χ3n) is 4.46. The highest BCUT2D eigenvalue weighted by Crippen LogP contribution is 2.27. The molecule has 122 valence electrons. The summed E-state index contributed by atoms with van der Waals surface area (Å²) in [7, 11) is 0. The average Bonchev–Trinajstić information content (AvgIpc) is 2.45. The molecule has 21 heavy (non-hydrogen) atoms. The van der Waals surface area contributed by atoms with E-state index >= 15 is 0 Å². The Hall–Kier alpha value is -1.10. The maximum atomic E-state index is 11.2. The number of carbonyl (C=O) groups excluding carboxylic acids is 1. The molecule has 1 rings (SSSR count). The van der Waals surface area contributed by atoms with Gasteiger partial charge in [-0.15, -0.1) is 0 Å². The number of nitrogens with zero attached hydrogens (tertiary/aromatic N) is 1. The Balaban J connectivity index is 2.32. The maximum Gasteiger partial charge on any atom is 0.320 e. The van der Waals surface area contributed by atoms with Crippen LogP contribution in [0, 0.1) is 5.92 Å². The van der Waals surface area contributed by atoms with Crippen molar-refractivity contribution < 1.29 is 14.7 Å². The quantitative estimate of drug-likeness (QED) is 0.685. The van der Waals surface area contributed by atoms with Gasteiger partial charge in [0.2, 0.25) is 5.91 Å². The van der Waals surface area contributed by atoms with E-state index in [0.717, 1.165) is 18.9 Å². The standard InChI is InChI=1S/C16H30N2O3/c1-13(16(20)21)18(12-10-17-14(2)19)11-6-9-15-7-4-3-5-8-15/h13,15H,3-12H2,1-2H3,(H,17,19)(H,20,21). The van der Waals surface area contributed by atoms with Gasteiger partial charge in [-0.05, 0) is 32.2 Å². The predicted molar refractivity (Wildman–Crippen MR) is 83.2 cm³/mol. The second-order valence-electron chi connectivity index (χ2n) is 6.18. The van der Waals surface area contributed by atoms with Crippen LogP contribution < -0.4 is 5.32 Å². The molecule has 1 aliphatic rings. The lowest BCUT2D eigenvalue weighted by Crippen LogP contribution is -2.43. The van der Waals surface area contributed by atoms with Gasteiger partial charge >= 0.3 is 5.97 Å². The number of carboxylic acid groups (broad SMARTS) is 1. The van der Waals surface area contributed by atoms with E-state index in [2.05, 4.69) is 5.32 Å². The molecule has 1 saturated carbocycles. The summed E-state index contributed by atoms with van der Waals surface area (Å²) in [5, 5.41) is 11.9. The number of rotatable bonds is 9. The minimum Gasteiger partial charge on any atom is -0.480 e. The minimum atomic E-state index is -0.796. The third-order valence-corrected chi connectivity index (χ3v) is 4.46. The monoisotopic (exact) mass is 298 g/mol. The van der Waals surface area contributed by atoms with Gasteiger partial charge < -0.3 is 10.4 Å². The maximum absolute atomic E-state index is 11.2. The van der Waals surface area contributed by atoms with Gasteiger partial charge in [-0.25, -0.2) is 0 Å². The fraction of sp³-hybridized carbons (Fsp3) is 0.875. The summed E-state index contributed by atoms with van der Waals surface area (Å²) in [6.07, 6.45) is 8.98. The molecule has 1 fully saturated rings. The number of hydrogen-bond donors (Lipinski definition) is 2. The van der Waals surface area contributed by atoms with E-state index in [-0.39, 0.29) is 5.91 Å². The SMILES string of the molecule is CC(=O)NCCN(CCCC1CCCCC1)C(C)C(=O)O. The molecule has 1 atom stereocenters. The van der Waals surface area contributed by atoms with Crippen LogP contribution in [0.25, 0.3) is 0 Å². The largest absolute Gasteiger partial charge is 0.480 e. The van der Waals surface area contributed by atoms with Crippen LogP contribution in [0.4, 0.5) is 0 Å². The number of hydrogen-bond acceptors (Lipinski definition) is 3. The van der Waals surface area contributed by atoms with E-state index in [0.29, 0.717) is 13.1 Å². The Morgan fingerprint density at radius 1 is 1.24 bits per heavy atom. The van der Waals surface area contributed by atoms with Gasteiger partial charge in [0, 0.05) is 20.0 Å². The van der Waals surface area contributed by atoms with E-state index < -0.39 is 12.0 Å². The van der Waals surface area contributed by atoms with Crippen molar-refractivity contribution in [3.05, 3.63) is 0 Å². The first-order valence-electron chi connectivity index (χ1n) is 8.22. The molecule has 0 aromatic rings. The summed E-state index contributed by atoms with van der Waals surface area (Å²) in [6, 6.07) is -0.495. The zero-order valence-corrected chi connectivity index (χ0v) is 13.4. The fourth-order valence-corrected chi connectivity index (χ4v) is 3.09. The molecular formula is C16H30N2O3. The highest BCUT2D eigenvalue weighted by atomic mass is 16.4. The van der Waals surface area contributed by atoms with Crippen molar-refractivity contribution >= 4 is 11.9 Å². The van der Waals surface area contributed by atoms with Crippen LogP contribution in [0.5, 0.6) is 0 Å². The molecule has 5 heteroatoms. The smallest absolute Gasteiger partial charge is 0.320 e. The Morgan fingerprint density at radius 2 is 1.90 bits per heavy atom. The summed E-state index contributed by atoms with van der Waals surface area (Å²) in [5.41, 5.74) is 0. The first-order chi connectivity index (χ1) is 10.0. The summed E-state index contributed by atoms with van der Waals surface area (Å²) in [5.74, 6) is -0.0355. The van der Waals surface area contributed by atoms with Crippen molar-refractivity contribution in [2.75, 3.05) is 19.6 Å². The summed E-state index contributed by atoms with van der Waals surface area (Å²) >= 11 is 0. The number of aliphatic carboxylic acids is 1. The summed E-state index contributed by atoms with van der Waals surface area (Å²) in [4.78, 5) is 24.0. The highest BCUT2D eigenvalue weighted by molar-refractivity contribution is 5.73. The molecule has 0 spiro atoms.